The Bertz CT molecular complexity index is 709. The summed E-state index contributed by atoms with van der Waals surface area (Å²) in [6, 6.07) is 4.91. The van der Waals surface area contributed by atoms with Crippen molar-refractivity contribution >= 4 is 27.3 Å². The minimum Gasteiger partial charge on any atom is -0.384 e. The van der Waals surface area contributed by atoms with Crippen molar-refractivity contribution in [3.63, 3.8) is 0 Å². The first kappa shape index (κ1) is 20.7. The second kappa shape index (κ2) is 9.37. The summed E-state index contributed by atoms with van der Waals surface area (Å²) in [7, 11) is -3.56. The van der Waals surface area contributed by atoms with E-state index in [1.54, 1.807) is 18.2 Å². The summed E-state index contributed by atoms with van der Waals surface area (Å²) in [5, 5.41) is 6.17. The van der Waals surface area contributed by atoms with Crippen molar-refractivity contribution in [2.75, 3.05) is 30.3 Å². The van der Waals surface area contributed by atoms with Crippen LogP contribution in [-0.4, -0.2) is 38.3 Å². The van der Waals surface area contributed by atoms with E-state index < -0.39 is 10.0 Å². The van der Waals surface area contributed by atoms with E-state index in [2.05, 4.69) is 10.6 Å². The lowest BCUT2D eigenvalue weighted by Crippen LogP contribution is -2.31. The van der Waals surface area contributed by atoms with Gasteiger partial charge < -0.3 is 10.6 Å². The molecule has 0 aliphatic heterocycles. The van der Waals surface area contributed by atoms with Crippen LogP contribution in [0.1, 0.15) is 52.9 Å². The van der Waals surface area contributed by atoms with Gasteiger partial charge in [-0.2, -0.15) is 4.31 Å². The Balaban J connectivity index is 2.31. The van der Waals surface area contributed by atoms with Crippen LogP contribution in [0.15, 0.2) is 23.1 Å². The number of nitrogens with zero attached hydrogens (tertiary/aromatic N) is 1. The van der Waals surface area contributed by atoms with E-state index in [0.29, 0.717) is 25.3 Å². The SMILES string of the molecule is CCNc1ccc(S(=O)(=O)N(CC)CC)cc1NC(=O)C1CCCCC1. The number of anilines is 2. The van der Waals surface area contributed by atoms with Gasteiger partial charge in [-0.05, 0) is 38.0 Å². The molecular weight excluding hydrogens is 350 g/mol. The van der Waals surface area contributed by atoms with E-state index in [4.69, 9.17) is 0 Å². The summed E-state index contributed by atoms with van der Waals surface area (Å²) >= 11 is 0. The molecule has 1 aromatic carbocycles. The third kappa shape index (κ3) is 4.76. The molecule has 2 N–H and O–H groups in total. The molecule has 146 valence electrons. The summed E-state index contributed by atoms with van der Waals surface area (Å²) < 4.78 is 27.0. The summed E-state index contributed by atoms with van der Waals surface area (Å²) in [4.78, 5) is 12.8. The maximum atomic E-state index is 12.8. The normalized spacial score (nSPS) is 15.8. The molecule has 0 saturated heterocycles. The third-order valence-corrected chi connectivity index (χ3v) is 6.98. The lowest BCUT2D eigenvalue weighted by Gasteiger charge is -2.23. The van der Waals surface area contributed by atoms with Gasteiger partial charge in [0.2, 0.25) is 15.9 Å². The number of hydrogen-bond donors (Lipinski definition) is 2. The maximum absolute atomic E-state index is 12.8. The van der Waals surface area contributed by atoms with Gasteiger partial charge >= 0.3 is 0 Å². The Labute approximate surface area is 157 Å². The molecule has 0 heterocycles. The fourth-order valence-corrected chi connectivity index (χ4v) is 4.93. The molecule has 2 rings (SSSR count). The van der Waals surface area contributed by atoms with Crippen LogP contribution in [0.3, 0.4) is 0 Å². The highest BCUT2D eigenvalue weighted by Crippen LogP contribution is 2.30. The molecule has 1 fully saturated rings. The molecule has 1 aliphatic rings. The number of rotatable bonds is 8. The van der Waals surface area contributed by atoms with Crippen LogP contribution in [0.5, 0.6) is 0 Å². The molecule has 1 aromatic rings. The first-order valence-electron chi connectivity index (χ1n) is 9.62. The van der Waals surface area contributed by atoms with Gasteiger partial charge in [0, 0.05) is 25.6 Å². The Kier molecular flexibility index (Phi) is 7.46. The predicted molar refractivity (Wildman–Crippen MR) is 106 cm³/mol. The zero-order valence-electron chi connectivity index (χ0n) is 16.0. The Morgan fingerprint density at radius 2 is 1.73 bits per heavy atom. The van der Waals surface area contributed by atoms with Crippen LogP contribution < -0.4 is 10.6 Å². The van der Waals surface area contributed by atoms with Crippen molar-refractivity contribution in [3.8, 4) is 0 Å². The first-order chi connectivity index (χ1) is 12.4. The fraction of sp³-hybridized carbons (Fsp3) is 0.632. The molecule has 1 saturated carbocycles. The number of carbonyl (C=O) groups is 1. The lowest BCUT2D eigenvalue weighted by atomic mass is 9.88. The minimum absolute atomic E-state index is 0.0127. The molecule has 0 bridgehead atoms. The van der Waals surface area contributed by atoms with Crippen molar-refractivity contribution < 1.29 is 13.2 Å². The van der Waals surface area contributed by atoms with Crippen molar-refractivity contribution in [2.24, 2.45) is 5.92 Å². The summed E-state index contributed by atoms with van der Waals surface area (Å²) in [6.07, 6.45) is 5.15. The molecule has 0 unspecified atom stereocenters. The van der Waals surface area contributed by atoms with E-state index in [1.165, 1.54) is 10.7 Å². The van der Waals surface area contributed by atoms with Crippen molar-refractivity contribution in [1.29, 1.82) is 0 Å². The highest BCUT2D eigenvalue weighted by atomic mass is 32.2. The third-order valence-electron chi connectivity index (χ3n) is 4.94. The monoisotopic (exact) mass is 381 g/mol. The smallest absolute Gasteiger partial charge is 0.243 e. The second-order valence-corrected chi connectivity index (χ2v) is 8.59. The zero-order valence-corrected chi connectivity index (χ0v) is 16.9. The molecule has 0 atom stereocenters. The zero-order chi connectivity index (χ0) is 19.2. The molecular formula is C19H31N3O3S. The number of amides is 1. The standard InChI is InChI=1S/C19H31N3O3S/c1-4-20-17-13-12-16(26(24,25)22(5-2)6-3)14-18(17)21-19(23)15-10-8-7-9-11-15/h12-15,20H,4-11H2,1-3H3,(H,21,23). The number of carbonyl (C=O) groups excluding carboxylic acids is 1. The van der Waals surface area contributed by atoms with E-state index in [0.717, 1.165) is 31.4 Å². The molecule has 0 spiro atoms. The number of nitrogens with one attached hydrogen (secondary N) is 2. The van der Waals surface area contributed by atoms with Crippen LogP contribution in [0.4, 0.5) is 11.4 Å². The van der Waals surface area contributed by atoms with Gasteiger partial charge in [0.15, 0.2) is 0 Å². The highest BCUT2D eigenvalue weighted by Gasteiger charge is 2.25. The average Bonchev–Trinajstić information content (AvgIpc) is 2.64. The largest absolute Gasteiger partial charge is 0.384 e. The molecule has 0 aromatic heterocycles. The van der Waals surface area contributed by atoms with Crippen molar-refractivity contribution in [3.05, 3.63) is 18.2 Å². The average molecular weight is 382 g/mol. The van der Waals surface area contributed by atoms with E-state index in [-0.39, 0.29) is 16.7 Å². The quantitative estimate of drug-likeness (QED) is 0.720. The molecule has 0 radical (unpaired) electrons. The van der Waals surface area contributed by atoms with Crippen LogP contribution in [0.2, 0.25) is 0 Å². The van der Waals surface area contributed by atoms with Crippen LogP contribution in [0.25, 0.3) is 0 Å². The Hall–Kier alpha value is -1.60. The molecule has 6 nitrogen and oxygen atoms in total. The van der Waals surface area contributed by atoms with Crippen molar-refractivity contribution in [2.45, 2.75) is 57.8 Å². The summed E-state index contributed by atoms with van der Waals surface area (Å²) in [5.74, 6) is 0.00233. The summed E-state index contributed by atoms with van der Waals surface area (Å²) in [5.41, 5.74) is 1.28. The lowest BCUT2D eigenvalue weighted by molar-refractivity contribution is -0.120. The second-order valence-electron chi connectivity index (χ2n) is 6.65. The van der Waals surface area contributed by atoms with Gasteiger partial charge in [0.25, 0.3) is 0 Å². The van der Waals surface area contributed by atoms with Gasteiger partial charge in [-0.3, -0.25) is 4.79 Å². The van der Waals surface area contributed by atoms with Gasteiger partial charge in [-0.1, -0.05) is 33.1 Å². The number of hydrogen-bond acceptors (Lipinski definition) is 4. The van der Waals surface area contributed by atoms with Crippen LogP contribution >= 0.6 is 0 Å². The predicted octanol–water partition coefficient (Wildman–Crippen LogP) is 3.67. The van der Waals surface area contributed by atoms with Crippen molar-refractivity contribution in [1.82, 2.24) is 4.31 Å². The van der Waals surface area contributed by atoms with E-state index >= 15 is 0 Å². The molecule has 1 aliphatic carbocycles. The van der Waals surface area contributed by atoms with E-state index in [1.807, 2.05) is 20.8 Å². The van der Waals surface area contributed by atoms with E-state index in [9.17, 15) is 13.2 Å². The number of sulfonamides is 1. The van der Waals surface area contributed by atoms with Crippen LogP contribution in [-0.2, 0) is 14.8 Å². The highest BCUT2D eigenvalue weighted by molar-refractivity contribution is 7.89. The number of benzene rings is 1. The minimum atomic E-state index is -3.56. The Morgan fingerprint density at radius 3 is 2.31 bits per heavy atom. The molecule has 7 heteroatoms. The van der Waals surface area contributed by atoms with Gasteiger partial charge in [-0.25, -0.2) is 8.42 Å². The topological polar surface area (TPSA) is 78.5 Å². The van der Waals surface area contributed by atoms with Crippen LogP contribution in [0, 0.1) is 5.92 Å². The first-order valence-corrected chi connectivity index (χ1v) is 11.1. The fourth-order valence-electron chi connectivity index (χ4n) is 3.44. The Morgan fingerprint density at radius 1 is 1.08 bits per heavy atom. The molecule has 1 amide bonds. The van der Waals surface area contributed by atoms with Gasteiger partial charge in [-0.15, -0.1) is 0 Å². The van der Waals surface area contributed by atoms with Gasteiger partial charge in [0.1, 0.15) is 0 Å². The van der Waals surface area contributed by atoms with Gasteiger partial charge in [0.05, 0.1) is 16.3 Å². The maximum Gasteiger partial charge on any atom is 0.243 e. The molecule has 26 heavy (non-hydrogen) atoms. The summed E-state index contributed by atoms with van der Waals surface area (Å²) in [6.45, 7) is 7.12.